The van der Waals surface area contributed by atoms with Crippen LogP contribution in [0, 0.1) is 0 Å². The van der Waals surface area contributed by atoms with E-state index in [2.05, 4.69) is 33.4 Å². The van der Waals surface area contributed by atoms with Gasteiger partial charge in [-0.1, -0.05) is 49.1 Å². The molecule has 0 spiro atoms. The van der Waals surface area contributed by atoms with Gasteiger partial charge in [-0.25, -0.2) is 0 Å². The summed E-state index contributed by atoms with van der Waals surface area (Å²) in [7, 11) is 0. The normalized spacial score (nSPS) is 14.4. The first-order valence-electron chi connectivity index (χ1n) is 9.72. The van der Waals surface area contributed by atoms with Gasteiger partial charge in [0.25, 0.3) is 0 Å². The number of nitrogens with one attached hydrogen (secondary N) is 1. The van der Waals surface area contributed by atoms with Gasteiger partial charge in [0.15, 0.2) is 11.5 Å². The molecule has 6 heteroatoms. The maximum Gasteiger partial charge on any atom is 0.175 e. The average Bonchev–Trinajstić information content (AvgIpc) is 2.68. The summed E-state index contributed by atoms with van der Waals surface area (Å²) in [5.41, 5.74) is 2.15. The Balaban J connectivity index is 0.00000280. The van der Waals surface area contributed by atoms with E-state index in [9.17, 15) is 0 Å². The van der Waals surface area contributed by atoms with Crippen molar-refractivity contribution >= 4 is 39.9 Å². The third-order valence-electron chi connectivity index (χ3n) is 4.90. The summed E-state index contributed by atoms with van der Waals surface area (Å²) in [6.45, 7) is 3.82. The molecule has 2 aromatic rings. The van der Waals surface area contributed by atoms with Crippen molar-refractivity contribution in [3.8, 4) is 11.5 Å². The number of benzene rings is 2. The Kier molecular flexibility index (Phi) is 9.93. The fraction of sp³-hybridized carbons (Fsp3) is 0.455. The van der Waals surface area contributed by atoms with Crippen LogP contribution in [0.5, 0.6) is 11.5 Å². The highest BCUT2D eigenvalue weighted by Crippen LogP contribution is 2.38. The fourth-order valence-electron chi connectivity index (χ4n) is 3.46. The zero-order valence-corrected chi connectivity index (χ0v) is 19.3. The lowest BCUT2D eigenvalue weighted by Gasteiger charge is -2.23. The van der Waals surface area contributed by atoms with Crippen LogP contribution >= 0.6 is 39.9 Å². The van der Waals surface area contributed by atoms with Gasteiger partial charge in [0.2, 0.25) is 0 Å². The van der Waals surface area contributed by atoms with Crippen molar-refractivity contribution in [2.24, 2.45) is 0 Å². The Morgan fingerprint density at radius 2 is 1.86 bits per heavy atom. The number of hydrogen-bond acceptors (Lipinski definition) is 3. The Labute approximate surface area is 187 Å². The lowest BCUT2D eigenvalue weighted by molar-refractivity contribution is 0.267. The minimum Gasteiger partial charge on any atom is -0.490 e. The predicted octanol–water partition coefficient (Wildman–Crippen LogP) is 6.92. The van der Waals surface area contributed by atoms with E-state index in [1.165, 1.54) is 37.7 Å². The molecular weight excluding hydrogens is 461 g/mol. The molecule has 0 unspecified atom stereocenters. The van der Waals surface area contributed by atoms with Crippen molar-refractivity contribution in [1.82, 2.24) is 5.32 Å². The first kappa shape index (κ1) is 23.3. The van der Waals surface area contributed by atoms with Crippen LogP contribution in [-0.4, -0.2) is 12.6 Å². The van der Waals surface area contributed by atoms with E-state index >= 15 is 0 Å². The molecular formula is C22H28BrCl2NO2. The molecule has 0 radical (unpaired) electrons. The van der Waals surface area contributed by atoms with Crippen molar-refractivity contribution in [3.05, 3.63) is 57.0 Å². The van der Waals surface area contributed by atoms with E-state index in [0.717, 1.165) is 28.1 Å². The van der Waals surface area contributed by atoms with Crippen LogP contribution in [0.2, 0.25) is 5.02 Å². The molecule has 0 amide bonds. The Morgan fingerprint density at radius 3 is 2.57 bits per heavy atom. The summed E-state index contributed by atoms with van der Waals surface area (Å²) in [6.07, 6.45) is 6.59. The SMILES string of the molecule is CCOc1cc(CNC2CCCCC2)cc(Br)c1OCc1ccccc1Cl.Cl. The second-order valence-electron chi connectivity index (χ2n) is 6.93. The highest BCUT2D eigenvalue weighted by molar-refractivity contribution is 9.10. The molecule has 0 aromatic heterocycles. The van der Waals surface area contributed by atoms with Crippen LogP contribution in [0.1, 0.15) is 50.2 Å². The van der Waals surface area contributed by atoms with Crippen molar-refractivity contribution in [1.29, 1.82) is 0 Å². The van der Waals surface area contributed by atoms with E-state index in [4.69, 9.17) is 21.1 Å². The molecule has 0 bridgehead atoms. The third kappa shape index (κ3) is 6.55. The van der Waals surface area contributed by atoms with E-state index < -0.39 is 0 Å². The number of hydrogen-bond donors (Lipinski definition) is 1. The predicted molar refractivity (Wildman–Crippen MR) is 122 cm³/mol. The molecule has 1 fully saturated rings. The molecule has 1 N–H and O–H groups in total. The second-order valence-corrected chi connectivity index (χ2v) is 8.20. The quantitative estimate of drug-likeness (QED) is 0.437. The van der Waals surface area contributed by atoms with E-state index in [1.54, 1.807) is 0 Å². The van der Waals surface area contributed by atoms with Gasteiger partial charge in [0, 0.05) is 23.2 Å². The molecule has 0 heterocycles. The molecule has 28 heavy (non-hydrogen) atoms. The average molecular weight is 489 g/mol. The molecule has 0 saturated heterocycles. The molecule has 3 nitrogen and oxygen atoms in total. The van der Waals surface area contributed by atoms with Gasteiger partial charge in [-0.15, -0.1) is 12.4 Å². The zero-order chi connectivity index (χ0) is 19.1. The van der Waals surface area contributed by atoms with Crippen LogP contribution in [-0.2, 0) is 13.2 Å². The first-order chi connectivity index (χ1) is 13.2. The molecule has 0 atom stereocenters. The van der Waals surface area contributed by atoms with Crippen molar-refractivity contribution in [2.75, 3.05) is 6.61 Å². The summed E-state index contributed by atoms with van der Waals surface area (Å²) >= 11 is 9.90. The largest absolute Gasteiger partial charge is 0.490 e. The number of halogens is 3. The van der Waals surface area contributed by atoms with Gasteiger partial charge >= 0.3 is 0 Å². The summed E-state index contributed by atoms with van der Waals surface area (Å²) in [5.74, 6) is 1.48. The van der Waals surface area contributed by atoms with Gasteiger partial charge in [-0.2, -0.15) is 0 Å². The maximum absolute atomic E-state index is 6.24. The smallest absolute Gasteiger partial charge is 0.175 e. The van der Waals surface area contributed by atoms with Gasteiger partial charge in [-0.05, 0) is 59.5 Å². The monoisotopic (exact) mass is 487 g/mol. The van der Waals surface area contributed by atoms with Gasteiger partial charge in [-0.3, -0.25) is 0 Å². The van der Waals surface area contributed by atoms with Crippen molar-refractivity contribution in [3.63, 3.8) is 0 Å². The van der Waals surface area contributed by atoms with E-state index in [0.29, 0.717) is 24.3 Å². The van der Waals surface area contributed by atoms with Crippen LogP contribution in [0.4, 0.5) is 0 Å². The van der Waals surface area contributed by atoms with Gasteiger partial charge in [0.05, 0.1) is 11.1 Å². The molecule has 1 aliphatic rings. The minimum absolute atomic E-state index is 0. The summed E-state index contributed by atoms with van der Waals surface area (Å²) in [6, 6.07) is 12.5. The summed E-state index contributed by atoms with van der Waals surface area (Å²) in [5, 5.41) is 4.39. The van der Waals surface area contributed by atoms with Gasteiger partial charge < -0.3 is 14.8 Å². The number of rotatable bonds is 8. The molecule has 1 saturated carbocycles. The van der Waals surface area contributed by atoms with Crippen molar-refractivity contribution in [2.45, 2.75) is 58.2 Å². The highest BCUT2D eigenvalue weighted by atomic mass is 79.9. The molecule has 154 valence electrons. The maximum atomic E-state index is 6.24. The fourth-order valence-corrected chi connectivity index (χ4v) is 4.25. The Morgan fingerprint density at radius 1 is 1.11 bits per heavy atom. The van der Waals surface area contributed by atoms with Crippen LogP contribution in [0.25, 0.3) is 0 Å². The van der Waals surface area contributed by atoms with E-state index in [1.807, 2.05) is 31.2 Å². The first-order valence-corrected chi connectivity index (χ1v) is 10.9. The molecule has 1 aliphatic carbocycles. The summed E-state index contributed by atoms with van der Waals surface area (Å²) < 4.78 is 12.8. The molecule has 2 aromatic carbocycles. The lowest BCUT2D eigenvalue weighted by Crippen LogP contribution is -2.30. The van der Waals surface area contributed by atoms with Gasteiger partial charge in [0.1, 0.15) is 6.61 Å². The van der Waals surface area contributed by atoms with E-state index in [-0.39, 0.29) is 12.4 Å². The molecule has 0 aliphatic heterocycles. The van der Waals surface area contributed by atoms with Crippen LogP contribution in [0.3, 0.4) is 0 Å². The topological polar surface area (TPSA) is 30.5 Å². The van der Waals surface area contributed by atoms with Crippen molar-refractivity contribution < 1.29 is 9.47 Å². The Hall–Kier alpha value is -0.940. The lowest BCUT2D eigenvalue weighted by atomic mass is 9.95. The Bertz CT molecular complexity index is 751. The standard InChI is InChI=1S/C22H27BrClNO2.ClH/c1-2-26-21-13-16(14-25-18-9-4-3-5-10-18)12-19(23)22(21)27-15-17-8-6-7-11-20(17)24;/h6-8,11-13,18,25H,2-5,9-10,14-15H2,1H3;1H. The van der Waals surface area contributed by atoms with Crippen LogP contribution in [0.15, 0.2) is 40.9 Å². The second kappa shape index (κ2) is 11.9. The minimum atomic E-state index is 0. The molecule has 3 rings (SSSR count). The third-order valence-corrected chi connectivity index (χ3v) is 5.86. The zero-order valence-electron chi connectivity index (χ0n) is 16.2. The number of ether oxygens (including phenoxy) is 2. The highest BCUT2D eigenvalue weighted by Gasteiger charge is 2.16. The summed E-state index contributed by atoms with van der Waals surface area (Å²) in [4.78, 5) is 0. The van der Waals surface area contributed by atoms with Crippen LogP contribution < -0.4 is 14.8 Å².